The maximum Gasteiger partial charge on any atom is 0.255 e. The molecular weight excluding hydrogens is 326 g/mol. The first kappa shape index (κ1) is 17.5. The Morgan fingerprint density at radius 1 is 1.29 bits per heavy atom. The summed E-state index contributed by atoms with van der Waals surface area (Å²) in [5, 5.41) is 3.99. The van der Waals surface area contributed by atoms with Crippen LogP contribution in [0, 0.1) is 5.92 Å². The molecule has 24 heavy (non-hydrogen) atoms. The largest absolute Gasteiger partial charge is 0.378 e. The first-order valence-corrected chi connectivity index (χ1v) is 9.30. The Bertz CT molecular complexity index is 575. The first-order valence-electron chi connectivity index (χ1n) is 8.92. The zero-order chi connectivity index (χ0) is 16.9. The summed E-state index contributed by atoms with van der Waals surface area (Å²) in [6.45, 7) is 4.74. The van der Waals surface area contributed by atoms with E-state index in [0.717, 1.165) is 18.8 Å². The van der Waals surface area contributed by atoms with E-state index in [1.807, 2.05) is 0 Å². The Balaban J connectivity index is 1.64. The number of nitrogens with zero attached hydrogens (tertiary/aromatic N) is 2. The molecule has 0 bridgehead atoms. The Hall–Kier alpha value is -1.33. The van der Waals surface area contributed by atoms with Gasteiger partial charge < -0.3 is 15.0 Å². The molecule has 1 N–H and O–H groups in total. The third-order valence-corrected chi connectivity index (χ3v) is 5.27. The van der Waals surface area contributed by atoms with Gasteiger partial charge in [0.25, 0.3) is 5.91 Å². The molecule has 1 aliphatic heterocycles. The number of halogens is 1. The van der Waals surface area contributed by atoms with Crippen molar-refractivity contribution in [1.82, 2.24) is 9.88 Å². The average Bonchev–Trinajstić information content (AvgIpc) is 2.81. The number of hydrogen-bond donors (Lipinski definition) is 1. The van der Waals surface area contributed by atoms with Crippen molar-refractivity contribution >= 4 is 23.3 Å². The molecule has 0 spiro atoms. The van der Waals surface area contributed by atoms with E-state index in [0.29, 0.717) is 48.7 Å². The molecule has 3 rings (SSSR count). The molecule has 6 heteroatoms. The molecule has 1 aromatic rings. The molecule has 1 aliphatic carbocycles. The van der Waals surface area contributed by atoms with E-state index < -0.39 is 0 Å². The van der Waals surface area contributed by atoms with Crippen molar-refractivity contribution in [3.05, 3.63) is 22.8 Å². The second-order valence-electron chi connectivity index (χ2n) is 6.91. The van der Waals surface area contributed by atoms with Crippen LogP contribution in [-0.2, 0) is 4.74 Å². The second-order valence-corrected chi connectivity index (χ2v) is 7.32. The molecule has 2 atom stereocenters. The van der Waals surface area contributed by atoms with Crippen molar-refractivity contribution in [3.8, 4) is 0 Å². The third kappa shape index (κ3) is 4.39. The van der Waals surface area contributed by atoms with Gasteiger partial charge in [0.15, 0.2) is 0 Å². The second kappa shape index (κ2) is 8.17. The minimum absolute atomic E-state index is 0.0254. The highest BCUT2D eigenvalue weighted by Crippen LogP contribution is 2.27. The van der Waals surface area contributed by atoms with Gasteiger partial charge in [0.05, 0.1) is 23.8 Å². The first-order chi connectivity index (χ1) is 11.6. The number of aromatic nitrogens is 1. The van der Waals surface area contributed by atoms with E-state index in [-0.39, 0.29) is 5.91 Å². The maximum absolute atomic E-state index is 12.5. The Labute approximate surface area is 148 Å². The number of anilines is 1. The normalized spacial score (nSPS) is 25.2. The Morgan fingerprint density at radius 3 is 2.83 bits per heavy atom. The van der Waals surface area contributed by atoms with Gasteiger partial charge in [0.2, 0.25) is 0 Å². The van der Waals surface area contributed by atoms with Crippen molar-refractivity contribution in [3.63, 3.8) is 0 Å². The zero-order valence-corrected chi connectivity index (χ0v) is 15.0. The maximum atomic E-state index is 12.5. The summed E-state index contributed by atoms with van der Waals surface area (Å²) in [4.78, 5) is 18.7. The number of morpholine rings is 1. The Morgan fingerprint density at radius 2 is 2.08 bits per heavy atom. The third-order valence-electron chi connectivity index (χ3n) is 4.98. The van der Waals surface area contributed by atoms with E-state index in [1.54, 1.807) is 17.2 Å². The number of hydrogen-bond acceptors (Lipinski definition) is 4. The molecule has 132 valence electrons. The summed E-state index contributed by atoms with van der Waals surface area (Å²) in [5.41, 5.74) is 0.543. The van der Waals surface area contributed by atoms with Crippen LogP contribution in [0.3, 0.4) is 0 Å². The molecule has 1 saturated heterocycles. The summed E-state index contributed by atoms with van der Waals surface area (Å²) in [5.74, 6) is 1.46. The lowest BCUT2D eigenvalue weighted by molar-refractivity contribution is 0.0302. The summed E-state index contributed by atoms with van der Waals surface area (Å²) < 4.78 is 5.29. The fourth-order valence-corrected chi connectivity index (χ4v) is 3.66. The van der Waals surface area contributed by atoms with Crippen LogP contribution >= 0.6 is 11.6 Å². The van der Waals surface area contributed by atoms with Crippen LogP contribution in [0.15, 0.2) is 12.3 Å². The topological polar surface area (TPSA) is 54.5 Å². The minimum Gasteiger partial charge on any atom is -0.378 e. The molecule has 1 aromatic heterocycles. The van der Waals surface area contributed by atoms with Gasteiger partial charge in [-0.15, -0.1) is 0 Å². The van der Waals surface area contributed by atoms with Crippen LogP contribution in [0.1, 0.15) is 49.4 Å². The number of carbonyl (C=O) groups is 1. The van der Waals surface area contributed by atoms with Crippen LogP contribution in [-0.4, -0.2) is 48.1 Å². The summed E-state index contributed by atoms with van der Waals surface area (Å²) in [6, 6.07) is 2.15. The molecular formula is C18H26ClN3O2. The van der Waals surface area contributed by atoms with Crippen molar-refractivity contribution in [2.75, 3.05) is 31.6 Å². The smallest absolute Gasteiger partial charge is 0.255 e. The van der Waals surface area contributed by atoms with Gasteiger partial charge >= 0.3 is 0 Å². The number of amides is 1. The van der Waals surface area contributed by atoms with Crippen LogP contribution in [0.5, 0.6) is 0 Å². The molecule has 1 amide bonds. The van der Waals surface area contributed by atoms with Gasteiger partial charge in [-0.1, -0.05) is 31.4 Å². The Kier molecular flexibility index (Phi) is 5.95. The standard InChI is InChI=1S/C18H26ClN3O2/c1-13-3-2-4-15(6-5-13)21-17-16(19)11-14(12-20-17)18(23)22-7-9-24-10-8-22/h11-13,15H,2-10H2,1H3,(H,20,21). The number of pyridine rings is 1. The average molecular weight is 352 g/mol. The number of ether oxygens (including phenoxy) is 1. The van der Waals surface area contributed by atoms with Crippen molar-refractivity contribution in [2.24, 2.45) is 5.92 Å². The molecule has 2 aliphatic rings. The predicted octanol–water partition coefficient (Wildman–Crippen LogP) is 3.59. The van der Waals surface area contributed by atoms with Gasteiger partial charge in [-0.2, -0.15) is 0 Å². The monoisotopic (exact) mass is 351 g/mol. The zero-order valence-electron chi connectivity index (χ0n) is 14.3. The lowest BCUT2D eigenvalue weighted by Crippen LogP contribution is -2.40. The van der Waals surface area contributed by atoms with Crippen molar-refractivity contribution in [1.29, 1.82) is 0 Å². The van der Waals surface area contributed by atoms with Gasteiger partial charge in [0, 0.05) is 25.3 Å². The molecule has 2 heterocycles. The van der Waals surface area contributed by atoms with E-state index in [2.05, 4.69) is 17.2 Å². The summed E-state index contributed by atoms with van der Waals surface area (Å²) in [7, 11) is 0. The van der Waals surface area contributed by atoms with E-state index in [9.17, 15) is 4.79 Å². The lowest BCUT2D eigenvalue weighted by Gasteiger charge is -2.27. The number of carbonyl (C=O) groups excluding carboxylic acids is 1. The van der Waals surface area contributed by atoms with Gasteiger partial charge in [-0.3, -0.25) is 4.79 Å². The SMILES string of the molecule is CC1CCCC(Nc2ncc(C(=O)N3CCOCC3)cc2Cl)CC1. The van der Waals surface area contributed by atoms with E-state index >= 15 is 0 Å². The summed E-state index contributed by atoms with van der Waals surface area (Å²) in [6.07, 6.45) is 7.70. The van der Waals surface area contributed by atoms with Gasteiger partial charge in [-0.25, -0.2) is 4.98 Å². The van der Waals surface area contributed by atoms with E-state index in [1.165, 1.54) is 19.3 Å². The van der Waals surface area contributed by atoms with Gasteiger partial charge in [-0.05, 0) is 31.2 Å². The number of nitrogens with one attached hydrogen (secondary N) is 1. The fraction of sp³-hybridized carbons (Fsp3) is 0.667. The van der Waals surface area contributed by atoms with Crippen LogP contribution < -0.4 is 5.32 Å². The quantitative estimate of drug-likeness (QED) is 0.845. The number of rotatable bonds is 3. The molecule has 5 nitrogen and oxygen atoms in total. The highest BCUT2D eigenvalue weighted by molar-refractivity contribution is 6.33. The van der Waals surface area contributed by atoms with Crippen LogP contribution in [0.2, 0.25) is 5.02 Å². The molecule has 0 radical (unpaired) electrons. The van der Waals surface area contributed by atoms with Crippen LogP contribution in [0.4, 0.5) is 5.82 Å². The fourth-order valence-electron chi connectivity index (χ4n) is 3.43. The molecule has 2 unspecified atom stereocenters. The van der Waals surface area contributed by atoms with Gasteiger partial charge in [0.1, 0.15) is 5.82 Å². The van der Waals surface area contributed by atoms with Crippen molar-refractivity contribution in [2.45, 2.75) is 45.1 Å². The van der Waals surface area contributed by atoms with Crippen LogP contribution in [0.25, 0.3) is 0 Å². The molecule has 0 aromatic carbocycles. The minimum atomic E-state index is -0.0254. The predicted molar refractivity (Wildman–Crippen MR) is 95.6 cm³/mol. The van der Waals surface area contributed by atoms with Crippen molar-refractivity contribution < 1.29 is 9.53 Å². The highest BCUT2D eigenvalue weighted by Gasteiger charge is 2.21. The molecule has 2 fully saturated rings. The summed E-state index contributed by atoms with van der Waals surface area (Å²) >= 11 is 6.38. The highest BCUT2D eigenvalue weighted by atomic mass is 35.5. The molecule has 1 saturated carbocycles. The van der Waals surface area contributed by atoms with E-state index in [4.69, 9.17) is 16.3 Å². The lowest BCUT2D eigenvalue weighted by atomic mass is 10.0.